The van der Waals surface area contributed by atoms with Crippen LogP contribution in [0.2, 0.25) is 0 Å². The maximum atomic E-state index is 12.1. The number of terminal acetylenes is 1. The van der Waals surface area contributed by atoms with Crippen molar-refractivity contribution in [1.29, 1.82) is 0 Å². The summed E-state index contributed by atoms with van der Waals surface area (Å²) in [5.41, 5.74) is 2.94. The number of carbonyl (C=O) groups excluding carboxylic acids is 1. The number of hydrogen-bond acceptors (Lipinski definition) is 2. The highest BCUT2D eigenvalue weighted by Crippen LogP contribution is 2.19. The number of nitrogens with one attached hydrogen (secondary N) is 3. The normalized spacial score (nSPS) is 13.6. The van der Waals surface area contributed by atoms with Gasteiger partial charge in [0, 0.05) is 24.3 Å². The molecule has 1 aromatic carbocycles. The number of amides is 1. The maximum Gasteiger partial charge on any atom is 0.246 e. The Morgan fingerprint density at radius 1 is 1.30 bits per heavy atom. The molecule has 2 rings (SSSR count). The van der Waals surface area contributed by atoms with Gasteiger partial charge in [0.2, 0.25) is 5.91 Å². The maximum absolute atomic E-state index is 12.1. The fourth-order valence-corrected chi connectivity index (χ4v) is 2.85. The highest BCUT2D eigenvalue weighted by atomic mass is 127. The van der Waals surface area contributed by atoms with E-state index in [0.29, 0.717) is 11.6 Å². The lowest BCUT2D eigenvalue weighted by Gasteiger charge is -2.15. The van der Waals surface area contributed by atoms with E-state index in [0.717, 1.165) is 25.1 Å². The molecule has 0 aliphatic heterocycles. The molecule has 1 aliphatic carbocycles. The van der Waals surface area contributed by atoms with Gasteiger partial charge >= 0.3 is 0 Å². The molecule has 0 saturated heterocycles. The third kappa shape index (κ3) is 8.96. The van der Waals surface area contributed by atoms with Crippen molar-refractivity contribution in [3.8, 4) is 12.3 Å². The van der Waals surface area contributed by atoms with Crippen LogP contribution in [-0.2, 0) is 4.79 Å². The van der Waals surface area contributed by atoms with Crippen LogP contribution in [0.1, 0.15) is 44.6 Å². The smallest absolute Gasteiger partial charge is 0.246 e. The Morgan fingerprint density at radius 3 is 2.85 bits per heavy atom. The van der Waals surface area contributed by atoms with E-state index in [1.807, 2.05) is 25.1 Å². The molecule has 0 aromatic heterocycles. The average molecular weight is 480 g/mol. The number of anilines is 1. The van der Waals surface area contributed by atoms with E-state index in [-0.39, 0.29) is 36.4 Å². The van der Waals surface area contributed by atoms with E-state index in [1.54, 1.807) is 6.07 Å². The summed E-state index contributed by atoms with van der Waals surface area (Å²) in [6.45, 7) is 3.63. The number of benzene rings is 1. The van der Waals surface area contributed by atoms with Gasteiger partial charge in [0.05, 0.1) is 0 Å². The number of allylic oxidation sites excluding steroid dienone is 1. The van der Waals surface area contributed by atoms with Crippen molar-refractivity contribution in [3.05, 3.63) is 41.5 Å². The van der Waals surface area contributed by atoms with Crippen LogP contribution in [0.4, 0.5) is 5.69 Å². The minimum Gasteiger partial charge on any atom is -0.357 e. The Labute approximate surface area is 179 Å². The Kier molecular flexibility index (Phi) is 11.3. The van der Waals surface area contributed by atoms with Gasteiger partial charge in [0.25, 0.3) is 0 Å². The van der Waals surface area contributed by atoms with Gasteiger partial charge < -0.3 is 16.0 Å². The average Bonchev–Trinajstić information content (AvgIpc) is 2.67. The predicted octanol–water partition coefficient (Wildman–Crippen LogP) is 3.67. The third-order valence-electron chi connectivity index (χ3n) is 4.16. The molecule has 0 bridgehead atoms. The van der Waals surface area contributed by atoms with Crippen molar-refractivity contribution < 1.29 is 4.79 Å². The third-order valence-corrected chi connectivity index (χ3v) is 4.16. The summed E-state index contributed by atoms with van der Waals surface area (Å²) >= 11 is 0. The number of guanidine groups is 1. The Morgan fingerprint density at radius 2 is 2.15 bits per heavy atom. The fraction of sp³-hybridized carbons (Fsp3) is 0.429. The molecule has 1 aliphatic rings. The van der Waals surface area contributed by atoms with Crippen LogP contribution in [-0.4, -0.2) is 31.5 Å². The lowest BCUT2D eigenvalue weighted by atomic mass is 9.97. The van der Waals surface area contributed by atoms with Crippen LogP contribution in [0, 0.1) is 12.3 Å². The summed E-state index contributed by atoms with van der Waals surface area (Å²) in [5.74, 6) is 3.04. The largest absolute Gasteiger partial charge is 0.357 e. The van der Waals surface area contributed by atoms with Gasteiger partial charge in [-0.15, -0.1) is 30.4 Å². The van der Waals surface area contributed by atoms with Crippen molar-refractivity contribution >= 4 is 41.5 Å². The number of carbonyl (C=O) groups is 1. The zero-order valence-electron chi connectivity index (χ0n) is 15.9. The van der Waals surface area contributed by atoms with Gasteiger partial charge in [-0.1, -0.05) is 23.6 Å². The Bertz CT molecular complexity index is 706. The zero-order valence-corrected chi connectivity index (χ0v) is 18.2. The fourth-order valence-electron chi connectivity index (χ4n) is 2.85. The molecule has 1 aromatic rings. The molecular weight excluding hydrogens is 451 g/mol. The first-order valence-electron chi connectivity index (χ1n) is 9.28. The summed E-state index contributed by atoms with van der Waals surface area (Å²) in [7, 11) is 0. The molecule has 0 unspecified atom stereocenters. The molecule has 1 amide bonds. The number of aliphatic imine (C=N–C) groups is 1. The predicted molar refractivity (Wildman–Crippen MR) is 124 cm³/mol. The van der Waals surface area contributed by atoms with Crippen molar-refractivity contribution in [3.63, 3.8) is 0 Å². The van der Waals surface area contributed by atoms with Crippen molar-refractivity contribution in [2.75, 3.05) is 25.0 Å². The zero-order chi connectivity index (χ0) is 18.6. The first kappa shape index (κ1) is 23.0. The minimum absolute atomic E-state index is 0. The van der Waals surface area contributed by atoms with Gasteiger partial charge in [-0.3, -0.25) is 4.79 Å². The van der Waals surface area contributed by atoms with E-state index in [9.17, 15) is 4.79 Å². The monoisotopic (exact) mass is 480 g/mol. The highest BCUT2D eigenvalue weighted by molar-refractivity contribution is 14.0. The number of rotatable bonds is 7. The quantitative estimate of drug-likeness (QED) is 0.184. The summed E-state index contributed by atoms with van der Waals surface area (Å²) in [6.07, 6.45) is 13.8. The van der Waals surface area contributed by atoms with Gasteiger partial charge in [0.15, 0.2) is 5.96 Å². The molecule has 0 fully saturated rings. The second kappa shape index (κ2) is 13.2. The van der Waals surface area contributed by atoms with E-state index in [4.69, 9.17) is 6.42 Å². The minimum atomic E-state index is -0.175. The first-order valence-corrected chi connectivity index (χ1v) is 9.28. The van der Waals surface area contributed by atoms with E-state index < -0.39 is 0 Å². The Hall–Kier alpha value is -2.01. The molecule has 0 spiro atoms. The van der Waals surface area contributed by atoms with Gasteiger partial charge in [-0.2, -0.15) is 0 Å². The molecule has 146 valence electrons. The molecule has 0 radical (unpaired) electrons. The molecule has 0 atom stereocenters. The molecule has 27 heavy (non-hydrogen) atoms. The summed E-state index contributed by atoms with van der Waals surface area (Å²) < 4.78 is 0. The molecule has 0 heterocycles. The number of hydrogen-bond donors (Lipinski definition) is 3. The van der Waals surface area contributed by atoms with Crippen LogP contribution >= 0.6 is 24.0 Å². The van der Waals surface area contributed by atoms with Crippen molar-refractivity contribution in [2.24, 2.45) is 4.99 Å². The molecule has 6 heteroatoms. The first-order chi connectivity index (χ1) is 12.7. The van der Waals surface area contributed by atoms with Crippen LogP contribution in [0.15, 0.2) is 40.9 Å². The molecular formula is C21H29IN4O. The van der Waals surface area contributed by atoms with Crippen LogP contribution in [0.3, 0.4) is 0 Å². The van der Waals surface area contributed by atoms with Gasteiger partial charge in [-0.05, 0) is 57.2 Å². The number of nitrogens with zero attached hydrogens (tertiary/aromatic N) is 1. The SMILES string of the molecule is C#Cc1cccc(NC(=O)CN=C(NCC)NCCC2=CCCCC2)c1.I. The second-order valence-corrected chi connectivity index (χ2v) is 6.25. The van der Waals surface area contributed by atoms with E-state index in [1.165, 1.54) is 31.3 Å². The number of halogens is 1. The van der Waals surface area contributed by atoms with E-state index in [2.05, 4.69) is 32.9 Å². The van der Waals surface area contributed by atoms with Crippen LogP contribution < -0.4 is 16.0 Å². The van der Waals surface area contributed by atoms with Crippen molar-refractivity contribution in [1.82, 2.24) is 10.6 Å². The Balaban J connectivity index is 0.00000364. The standard InChI is InChI=1S/C21H28N4O.HI/c1-3-17-11-8-12-19(15-17)25-20(26)16-24-21(22-4-2)23-14-13-18-9-6-5-7-10-18;/h1,8-9,11-12,15H,4-7,10,13-14,16H2,2H3,(H,25,26)(H2,22,23,24);1H. The van der Waals surface area contributed by atoms with E-state index >= 15 is 0 Å². The summed E-state index contributed by atoms with van der Waals surface area (Å²) in [6, 6.07) is 7.22. The highest BCUT2D eigenvalue weighted by Gasteiger charge is 2.06. The lowest BCUT2D eigenvalue weighted by molar-refractivity contribution is -0.114. The summed E-state index contributed by atoms with van der Waals surface area (Å²) in [4.78, 5) is 16.5. The summed E-state index contributed by atoms with van der Waals surface area (Å²) in [5, 5.41) is 9.28. The molecule has 3 N–H and O–H groups in total. The topological polar surface area (TPSA) is 65.5 Å². The lowest BCUT2D eigenvalue weighted by Crippen LogP contribution is -2.38. The van der Waals surface area contributed by atoms with Crippen LogP contribution in [0.5, 0.6) is 0 Å². The second-order valence-electron chi connectivity index (χ2n) is 6.25. The van der Waals surface area contributed by atoms with Gasteiger partial charge in [0.1, 0.15) is 6.54 Å². The van der Waals surface area contributed by atoms with Crippen molar-refractivity contribution in [2.45, 2.75) is 39.0 Å². The van der Waals surface area contributed by atoms with Crippen LogP contribution in [0.25, 0.3) is 0 Å². The molecule has 5 nitrogen and oxygen atoms in total. The molecule has 0 saturated carbocycles. The van der Waals surface area contributed by atoms with Gasteiger partial charge in [-0.25, -0.2) is 4.99 Å².